The SMILES string of the molecule is CCCCCCCCCCCCCCCCCCCCCCCCCCCCCCCCCCCCCCCCCCCCCCCCCCCCCCCCCCCCP(=O)(OC)OC. The Morgan fingerprint density at radius 3 is 0.409 bits per heavy atom. The van der Waals surface area contributed by atoms with E-state index in [1.807, 2.05) is 0 Å². The van der Waals surface area contributed by atoms with E-state index in [0.29, 0.717) is 6.16 Å². The van der Waals surface area contributed by atoms with Crippen molar-refractivity contribution in [2.75, 3.05) is 20.4 Å². The minimum Gasteiger partial charge on any atom is -0.312 e. The normalized spacial score (nSPS) is 12.0. The number of rotatable bonds is 61. The Bertz CT molecular complexity index is 884. The van der Waals surface area contributed by atoms with E-state index in [1.165, 1.54) is 374 Å². The molecule has 0 bridgehead atoms. The van der Waals surface area contributed by atoms with Crippen LogP contribution in [0, 0.1) is 0 Å². The Hall–Kier alpha value is 0.150. The van der Waals surface area contributed by atoms with Crippen LogP contribution >= 0.6 is 7.60 Å². The van der Waals surface area contributed by atoms with E-state index in [9.17, 15) is 4.57 Å². The van der Waals surface area contributed by atoms with E-state index in [1.54, 1.807) is 0 Å². The van der Waals surface area contributed by atoms with Crippen molar-refractivity contribution in [3.05, 3.63) is 0 Å². The molecular weight excluding hydrogens is 824 g/mol. The average molecular weight is 952 g/mol. The third-order valence-electron chi connectivity index (χ3n) is 15.3. The third-order valence-corrected chi connectivity index (χ3v) is 17.3. The van der Waals surface area contributed by atoms with Crippen molar-refractivity contribution >= 4 is 7.60 Å². The Balaban J connectivity index is 3.09. The second-order valence-corrected chi connectivity index (χ2v) is 24.3. The Labute approximate surface area is 419 Å². The molecule has 0 aromatic carbocycles. The van der Waals surface area contributed by atoms with Crippen LogP contribution < -0.4 is 0 Å². The molecule has 0 aliphatic carbocycles. The molecule has 0 N–H and O–H groups in total. The number of unbranched alkanes of at least 4 members (excludes halogenated alkanes) is 57. The number of hydrogen-bond acceptors (Lipinski definition) is 3. The van der Waals surface area contributed by atoms with Gasteiger partial charge in [-0.3, -0.25) is 4.57 Å². The van der Waals surface area contributed by atoms with Crippen LogP contribution in [-0.2, 0) is 13.6 Å². The van der Waals surface area contributed by atoms with Gasteiger partial charge in [0.1, 0.15) is 0 Å². The topological polar surface area (TPSA) is 35.5 Å². The lowest BCUT2D eigenvalue weighted by atomic mass is 10.0. The highest BCUT2D eigenvalue weighted by atomic mass is 31.2. The molecule has 4 heteroatoms. The average Bonchev–Trinajstić information content (AvgIpc) is 3.33. The molecule has 66 heavy (non-hydrogen) atoms. The maximum atomic E-state index is 12.0. The van der Waals surface area contributed by atoms with Gasteiger partial charge in [-0.15, -0.1) is 0 Å². The summed E-state index contributed by atoms with van der Waals surface area (Å²) in [6.45, 7) is 2.31. The summed E-state index contributed by atoms with van der Waals surface area (Å²) in [5.74, 6) is 0. The van der Waals surface area contributed by atoms with E-state index in [4.69, 9.17) is 9.05 Å². The van der Waals surface area contributed by atoms with Crippen molar-refractivity contribution in [3.8, 4) is 0 Å². The number of hydrogen-bond donors (Lipinski definition) is 0. The molecule has 0 rings (SSSR count). The minimum absolute atomic E-state index is 0.555. The van der Waals surface area contributed by atoms with Crippen LogP contribution in [0.3, 0.4) is 0 Å². The molecule has 0 aromatic heterocycles. The van der Waals surface area contributed by atoms with Gasteiger partial charge in [0.15, 0.2) is 0 Å². The highest BCUT2D eigenvalue weighted by molar-refractivity contribution is 7.53. The van der Waals surface area contributed by atoms with Crippen molar-refractivity contribution in [3.63, 3.8) is 0 Å². The molecule has 0 amide bonds. The molecule has 0 heterocycles. The second kappa shape index (κ2) is 59.5. The molecule has 0 radical (unpaired) electrons. The van der Waals surface area contributed by atoms with Gasteiger partial charge in [-0.2, -0.15) is 0 Å². The fraction of sp³-hybridized carbons (Fsp3) is 1.00. The summed E-state index contributed by atoms with van der Waals surface area (Å²) in [4.78, 5) is 0. The van der Waals surface area contributed by atoms with Gasteiger partial charge in [-0.05, 0) is 6.42 Å². The zero-order valence-electron chi connectivity index (χ0n) is 46.4. The summed E-state index contributed by atoms with van der Waals surface area (Å²) in [5.41, 5.74) is 0. The Kier molecular flexibility index (Phi) is 59.6. The summed E-state index contributed by atoms with van der Waals surface area (Å²) in [6, 6.07) is 0. The van der Waals surface area contributed by atoms with Gasteiger partial charge in [0.2, 0.25) is 0 Å². The van der Waals surface area contributed by atoms with Crippen LogP contribution in [0.4, 0.5) is 0 Å². The molecule has 0 saturated carbocycles. The van der Waals surface area contributed by atoms with Crippen molar-refractivity contribution in [1.29, 1.82) is 0 Å². The fourth-order valence-corrected chi connectivity index (χ4v) is 11.7. The molecule has 0 aromatic rings. The van der Waals surface area contributed by atoms with Gasteiger partial charge >= 0.3 is 7.60 Å². The summed E-state index contributed by atoms with van der Waals surface area (Å²) >= 11 is 0. The van der Waals surface area contributed by atoms with E-state index in [-0.39, 0.29) is 0 Å². The van der Waals surface area contributed by atoms with Crippen molar-refractivity contribution in [2.45, 2.75) is 379 Å². The molecule has 0 aliphatic heterocycles. The maximum absolute atomic E-state index is 12.0. The Morgan fingerprint density at radius 2 is 0.303 bits per heavy atom. The zero-order chi connectivity index (χ0) is 47.6. The van der Waals surface area contributed by atoms with Gasteiger partial charge in [0, 0.05) is 14.2 Å². The highest BCUT2D eigenvalue weighted by Gasteiger charge is 2.19. The van der Waals surface area contributed by atoms with E-state index < -0.39 is 7.60 Å². The molecule has 0 unspecified atom stereocenters. The summed E-state index contributed by atoms with van der Waals surface area (Å²) in [5, 5.41) is 0. The lowest BCUT2D eigenvalue weighted by Gasteiger charge is -2.12. The largest absolute Gasteiger partial charge is 0.330 e. The van der Waals surface area contributed by atoms with Gasteiger partial charge in [0.25, 0.3) is 0 Å². The predicted molar refractivity (Wildman–Crippen MR) is 300 cm³/mol. The second-order valence-electron chi connectivity index (χ2n) is 21.9. The Morgan fingerprint density at radius 1 is 0.197 bits per heavy atom. The van der Waals surface area contributed by atoms with Crippen LogP contribution in [0.25, 0.3) is 0 Å². The molecule has 398 valence electrons. The van der Waals surface area contributed by atoms with E-state index in [2.05, 4.69) is 6.92 Å². The van der Waals surface area contributed by atoms with Crippen LogP contribution in [0.1, 0.15) is 379 Å². The van der Waals surface area contributed by atoms with E-state index in [0.717, 1.165) is 12.8 Å². The molecule has 0 atom stereocenters. The van der Waals surface area contributed by atoms with Crippen LogP contribution in [-0.4, -0.2) is 20.4 Å². The third kappa shape index (κ3) is 56.7. The molecule has 0 aliphatic rings. The smallest absolute Gasteiger partial charge is 0.312 e. The quantitative estimate of drug-likeness (QED) is 0.0450. The first kappa shape index (κ1) is 66.2. The molecule has 0 saturated heterocycles. The lowest BCUT2D eigenvalue weighted by molar-refractivity contribution is 0.275. The first-order valence-corrected chi connectivity index (χ1v) is 33.1. The maximum Gasteiger partial charge on any atom is 0.330 e. The zero-order valence-corrected chi connectivity index (χ0v) is 47.3. The van der Waals surface area contributed by atoms with Crippen molar-refractivity contribution in [2.24, 2.45) is 0 Å². The summed E-state index contributed by atoms with van der Waals surface area (Å²) in [7, 11) is 0.178. The highest BCUT2D eigenvalue weighted by Crippen LogP contribution is 2.47. The molecule has 3 nitrogen and oxygen atoms in total. The van der Waals surface area contributed by atoms with Crippen LogP contribution in [0.5, 0.6) is 0 Å². The standard InChI is InChI=1S/C62H127O3P/c1-4-5-6-7-8-9-10-11-12-13-14-15-16-17-18-19-20-21-22-23-24-25-26-27-28-29-30-31-32-33-34-35-36-37-38-39-40-41-42-43-44-45-46-47-48-49-50-51-52-53-54-55-56-57-58-59-60-61-62-66(63,64-2)65-3/h4-62H2,1-3H3. The summed E-state index contributed by atoms with van der Waals surface area (Å²) in [6.07, 6.45) is 84.8. The monoisotopic (exact) mass is 951 g/mol. The first-order chi connectivity index (χ1) is 32.7. The van der Waals surface area contributed by atoms with Crippen molar-refractivity contribution in [1.82, 2.24) is 0 Å². The fourth-order valence-electron chi connectivity index (χ4n) is 10.5. The van der Waals surface area contributed by atoms with E-state index >= 15 is 0 Å². The first-order valence-electron chi connectivity index (χ1n) is 31.4. The predicted octanol–water partition coefficient (Wildman–Crippen LogP) is 24.1. The summed E-state index contributed by atoms with van der Waals surface area (Å²) < 4.78 is 22.1. The van der Waals surface area contributed by atoms with Gasteiger partial charge < -0.3 is 9.05 Å². The van der Waals surface area contributed by atoms with Crippen molar-refractivity contribution < 1.29 is 13.6 Å². The molecule has 0 fully saturated rings. The van der Waals surface area contributed by atoms with Gasteiger partial charge in [-0.1, -0.05) is 373 Å². The van der Waals surface area contributed by atoms with Gasteiger partial charge in [0.05, 0.1) is 6.16 Å². The minimum atomic E-state index is -2.79. The molecule has 0 spiro atoms. The van der Waals surface area contributed by atoms with Crippen LogP contribution in [0.15, 0.2) is 0 Å². The van der Waals surface area contributed by atoms with Gasteiger partial charge in [-0.25, -0.2) is 0 Å². The van der Waals surface area contributed by atoms with Crippen LogP contribution in [0.2, 0.25) is 0 Å². The molecular formula is C62H127O3P. The lowest BCUT2D eigenvalue weighted by Crippen LogP contribution is -1.94.